The third kappa shape index (κ3) is 2.70. The Morgan fingerprint density at radius 3 is 2.88 bits per heavy atom. The Morgan fingerprint density at radius 2 is 2.25 bits per heavy atom. The molecule has 1 atom stereocenters. The molecule has 0 spiro atoms. The van der Waals surface area contributed by atoms with Crippen LogP contribution < -0.4 is 0 Å². The van der Waals surface area contributed by atoms with E-state index in [-0.39, 0.29) is 11.3 Å². The zero-order valence-corrected chi connectivity index (χ0v) is 11.5. The molecule has 1 aromatic rings. The fourth-order valence-electron chi connectivity index (χ4n) is 1.75. The SMILES string of the molecule is O=C1CC(Cl)CN1Cc1cc(Br)ccc1Cl. The molecule has 1 amide bonds. The second kappa shape index (κ2) is 4.94. The number of carbonyl (C=O) groups excluding carboxylic acids is 1. The molecular formula is C11H10BrCl2NO. The molecule has 1 saturated heterocycles. The van der Waals surface area contributed by atoms with Crippen LogP contribution in [0.3, 0.4) is 0 Å². The Morgan fingerprint density at radius 1 is 1.50 bits per heavy atom. The highest BCUT2D eigenvalue weighted by Crippen LogP contribution is 2.25. The normalized spacial score (nSPS) is 20.6. The van der Waals surface area contributed by atoms with Gasteiger partial charge in [0.1, 0.15) is 0 Å². The van der Waals surface area contributed by atoms with E-state index in [9.17, 15) is 4.79 Å². The number of carbonyl (C=O) groups is 1. The Kier molecular flexibility index (Phi) is 3.77. The molecule has 2 nitrogen and oxygen atoms in total. The minimum Gasteiger partial charge on any atom is -0.337 e. The summed E-state index contributed by atoms with van der Waals surface area (Å²) < 4.78 is 0.959. The summed E-state index contributed by atoms with van der Waals surface area (Å²) in [7, 11) is 0. The Balaban J connectivity index is 2.15. The van der Waals surface area contributed by atoms with Gasteiger partial charge in [0.05, 0.1) is 5.38 Å². The van der Waals surface area contributed by atoms with Crippen LogP contribution in [0.25, 0.3) is 0 Å². The van der Waals surface area contributed by atoms with Gasteiger partial charge < -0.3 is 4.90 Å². The number of amides is 1. The van der Waals surface area contributed by atoms with Gasteiger partial charge in [-0.3, -0.25) is 4.79 Å². The molecule has 1 aromatic carbocycles. The third-order valence-corrected chi connectivity index (χ3v) is 3.69. The molecule has 1 fully saturated rings. The van der Waals surface area contributed by atoms with Gasteiger partial charge in [-0.15, -0.1) is 11.6 Å². The van der Waals surface area contributed by atoms with Gasteiger partial charge >= 0.3 is 0 Å². The van der Waals surface area contributed by atoms with Gasteiger partial charge in [0.15, 0.2) is 0 Å². The zero-order chi connectivity index (χ0) is 11.7. The minimum absolute atomic E-state index is 0.0709. The Labute approximate surface area is 113 Å². The first kappa shape index (κ1) is 12.2. The quantitative estimate of drug-likeness (QED) is 0.764. The van der Waals surface area contributed by atoms with Gasteiger partial charge in [-0.1, -0.05) is 27.5 Å². The second-order valence-electron chi connectivity index (χ2n) is 3.81. The molecule has 86 valence electrons. The minimum atomic E-state index is -0.0709. The maximum absolute atomic E-state index is 11.6. The molecule has 0 bridgehead atoms. The van der Waals surface area contributed by atoms with Gasteiger partial charge in [-0.2, -0.15) is 0 Å². The van der Waals surface area contributed by atoms with E-state index in [1.54, 1.807) is 4.90 Å². The van der Waals surface area contributed by atoms with Crippen molar-refractivity contribution in [1.29, 1.82) is 0 Å². The molecular weight excluding hydrogens is 313 g/mol. The molecule has 0 saturated carbocycles. The monoisotopic (exact) mass is 321 g/mol. The number of alkyl halides is 1. The van der Waals surface area contributed by atoms with Crippen molar-refractivity contribution in [3.05, 3.63) is 33.3 Å². The first-order chi connectivity index (χ1) is 7.56. The van der Waals surface area contributed by atoms with Crippen molar-refractivity contribution in [2.75, 3.05) is 6.54 Å². The van der Waals surface area contributed by atoms with Gasteiger partial charge in [-0.05, 0) is 23.8 Å². The van der Waals surface area contributed by atoms with Gasteiger partial charge in [0.25, 0.3) is 0 Å². The standard InChI is InChI=1S/C11H10BrCl2NO/c12-8-1-2-10(14)7(3-8)5-15-6-9(13)4-11(15)16/h1-3,9H,4-6H2. The van der Waals surface area contributed by atoms with Crippen LogP contribution >= 0.6 is 39.1 Å². The van der Waals surface area contributed by atoms with Crippen LogP contribution in [0.15, 0.2) is 22.7 Å². The average Bonchev–Trinajstić information content (AvgIpc) is 2.51. The second-order valence-corrected chi connectivity index (χ2v) is 5.75. The lowest BCUT2D eigenvalue weighted by molar-refractivity contribution is -0.128. The summed E-state index contributed by atoms with van der Waals surface area (Å²) in [5.74, 6) is 0.0936. The van der Waals surface area contributed by atoms with E-state index in [4.69, 9.17) is 23.2 Å². The smallest absolute Gasteiger partial charge is 0.224 e. The van der Waals surface area contributed by atoms with E-state index in [1.807, 2.05) is 18.2 Å². The molecule has 0 aliphatic carbocycles. The highest BCUT2D eigenvalue weighted by molar-refractivity contribution is 9.10. The number of benzene rings is 1. The summed E-state index contributed by atoms with van der Waals surface area (Å²) in [4.78, 5) is 13.3. The molecule has 0 aromatic heterocycles. The van der Waals surface area contributed by atoms with Crippen LogP contribution in [0.1, 0.15) is 12.0 Å². The summed E-state index contributed by atoms with van der Waals surface area (Å²) >= 11 is 15.4. The zero-order valence-electron chi connectivity index (χ0n) is 8.42. The van der Waals surface area contributed by atoms with E-state index in [2.05, 4.69) is 15.9 Å². The molecule has 1 unspecified atom stereocenters. The van der Waals surface area contributed by atoms with Gasteiger partial charge in [-0.25, -0.2) is 0 Å². The van der Waals surface area contributed by atoms with Crippen LogP contribution in [0.5, 0.6) is 0 Å². The predicted octanol–water partition coefficient (Wildman–Crippen LogP) is 3.44. The van der Waals surface area contributed by atoms with Crippen molar-refractivity contribution in [1.82, 2.24) is 4.90 Å². The molecule has 0 N–H and O–H groups in total. The molecule has 1 aliphatic heterocycles. The van der Waals surface area contributed by atoms with Crippen molar-refractivity contribution < 1.29 is 4.79 Å². The van der Waals surface area contributed by atoms with Crippen LogP contribution in [0.4, 0.5) is 0 Å². The van der Waals surface area contributed by atoms with Crippen molar-refractivity contribution in [3.63, 3.8) is 0 Å². The number of hydrogen-bond donors (Lipinski definition) is 0. The van der Waals surface area contributed by atoms with Gasteiger partial charge in [0.2, 0.25) is 5.91 Å². The summed E-state index contributed by atoms with van der Waals surface area (Å²) in [6.07, 6.45) is 0.424. The maximum Gasteiger partial charge on any atom is 0.224 e. The summed E-state index contributed by atoms with van der Waals surface area (Å²) in [6, 6.07) is 5.62. The van der Waals surface area contributed by atoms with Crippen LogP contribution in [0.2, 0.25) is 5.02 Å². The van der Waals surface area contributed by atoms with Crippen LogP contribution in [-0.4, -0.2) is 22.7 Å². The fourth-order valence-corrected chi connectivity index (χ4v) is 2.63. The maximum atomic E-state index is 11.6. The topological polar surface area (TPSA) is 20.3 Å². The van der Waals surface area contributed by atoms with Crippen molar-refractivity contribution in [2.24, 2.45) is 0 Å². The van der Waals surface area contributed by atoms with E-state index in [0.717, 1.165) is 10.0 Å². The number of hydrogen-bond acceptors (Lipinski definition) is 1. The van der Waals surface area contributed by atoms with Crippen molar-refractivity contribution >= 4 is 45.0 Å². The molecule has 5 heteroatoms. The third-order valence-electron chi connectivity index (χ3n) is 2.54. The number of halogens is 3. The summed E-state index contributed by atoms with van der Waals surface area (Å²) in [6.45, 7) is 1.13. The largest absolute Gasteiger partial charge is 0.337 e. The molecule has 1 aliphatic rings. The highest BCUT2D eigenvalue weighted by Gasteiger charge is 2.28. The molecule has 0 radical (unpaired) electrons. The van der Waals surface area contributed by atoms with Crippen LogP contribution in [-0.2, 0) is 11.3 Å². The van der Waals surface area contributed by atoms with Gasteiger partial charge in [0, 0.05) is 29.0 Å². The average molecular weight is 323 g/mol. The highest BCUT2D eigenvalue weighted by atomic mass is 79.9. The number of likely N-dealkylation sites (tertiary alicyclic amines) is 1. The lowest BCUT2D eigenvalue weighted by Crippen LogP contribution is -2.24. The van der Waals surface area contributed by atoms with Crippen LogP contribution in [0, 0.1) is 0 Å². The summed E-state index contributed by atoms with van der Waals surface area (Å²) in [5.41, 5.74) is 0.940. The van der Waals surface area contributed by atoms with E-state index in [0.29, 0.717) is 24.5 Å². The number of nitrogens with zero attached hydrogens (tertiary/aromatic N) is 1. The molecule has 2 rings (SSSR count). The van der Waals surface area contributed by atoms with Crippen molar-refractivity contribution in [2.45, 2.75) is 18.3 Å². The van der Waals surface area contributed by atoms with Crippen molar-refractivity contribution in [3.8, 4) is 0 Å². The summed E-state index contributed by atoms with van der Waals surface area (Å²) in [5, 5.41) is 0.604. The molecule has 16 heavy (non-hydrogen) atoms. The lowest BCUT2D eigenvalue weighted by Gasteiger charge is -2.16. The lowest BCUT2D eigenvalue weighted by atomic mass is 10.2. The van der Waals surface area contributed by atoms with E-state index in [1.165, 1.54) is 0 Å². The number of rotatable bonds is 2. The Bertz CT molecular complexity index is 424. The predicted molar refractivity (Wildman–Crippen MR) is 68.8 cm³/mol. The first-order valence-corrected chi connectivity index (χ1v) is 6.53. The molecule has 1 heterocycles. The van der Waals surface area contributed by atoms with E-state index < -0.39 is 0 Å². The van der Waals surface area contributed by atoms with E-state index >= 15 is 0 Å². The first-order valence-electron chi connectivity index (χ1n) is 4.92. The Hall–Kier alpha value is -0.250. The fraction of sp³-hybridized carbons (Fsp3) is 0.364.